The van der Waals surface area contributed by atoms with E-state index >= 15 is 0 Å². The molecule has 112 valence electrons. The second-order valence-corrected chi connectivity index (χ2v) is 4.66. The van der Waals surface area contributed by atoms with Gasteiger partial charge in [0.1, 0.15) is 0 Å². The first-order valence-electron chi connectivity index (χ1n) is 6.83. The summed E-state index contributed by atoms with van der Waals surface area (Å²) >= 11 is 0. The van der Waals surface area contributed by atoms with Crippen molar-refractivity contribution in [1.29, 1.82) is 0 Å². The Morgan fingerprint density at radius 3 is 2.85 bits per heavy atom. The van der Waals surface area contributed by atoms with Gasteiger partial charge in [-0.2, -0.15) is 0 Å². The molecular formula is C15H24FN3O. The standard InChI is InChI=1S/C15H24FN3O/c1-12(16)6-8-18-9-7-15(19-17-2)14-5-3-4-13(10-14)11-20/h3-5,7,9-10,12,15,17-20H,6,8,11H2,1-2H3/b9-7-/t12-,15?/m1/s1. The highest BCUT2D eigenvalue weighted by Gasteiger charge is 2.06. The maximum atomic E-state index is 12.6. The molecule has 0 aliphatic heterocycles. The third-order valence-corrected chi connectivity index (χ3v) is 2.89. The summed E-state index contributed by atoms with van der Waals surface area (Å²) in [5, 5.41) is 12.2. The van der Waals surface area contributed by atoms with Crippen LogP contribution in [0.3, 0.4) is 0 Å². The fourth-order valence-corrected chi connectivity index (χ4v) is 1.81. The first kappa shape index (κ1) is 16.6. The van der Waals surface area contributed by atoms with Crippen molar-refractivity contribution in [2.24, 2.45) is 0 Å². The third-order valence-electron chi connectivity index (χ3n) is 2.89. The van der Waals surface area contributed by atoms with E-state index in [1.165, 1.54) is 0 Å². The van der Waals surface area contributed by atoms with E-state index in [4.69, 9.17) is 5.11 Å². The fraction of sp³-hybridized carbons (Fsp3) is 0.467. The quantitative estimate of drug-likeness (QED) is 0.412. The molecule has 4 N–H and O–H groups in total. The predicted octanol–water partition coefficient (Wildman–Crippen LogP) is 1.80. The second kappa shape index (κ2) is 9.47. The predicted molar refractivity (Wildman–Crippen MR) is 79.6 cm³/mol. The molecule has 0 aliphatic carbocycles. The molecule has 0 amide bonds. The number of hydrogen-bond acceptors (Lipinski definition) is 4. The lowest BCUT2D eigenvalue weighted by Crippen LogP contribution is -2.31. The molecule has 20 heavy (non-hydrogen) atoms. The maximum Gasteiger partial charge on any atom is 0.0990 e. The number of halogens is 1. The van der Waals surface area contributed by atoms with Gasteiger partial charge >= 0.3 is 0 Å². The lowest BCUT2D eigenvalue weighted by molar-refractivity contribution is 0.281. The Morgan fingerprint density at radius 1 is 1.40 bits per heavy atom. The Kier molecular flexibility index (Phi) is 7.87. The van der Waals surface area contributed by atoms with Gasteiger partial charge in [-0.1, -0.05) is 24.3 Å². The highest BCUT2D eigenvalue weighted by atomic mass is 19.1. The summed E-state index contributed by atoms with van der Waals surface area (Å²) in [6.45, 7) is 2.19. The van der Waals surface area contributed by atoms with Crippen LogP contribution < -0.4 is 16.2 Å². The van der Waals surface area contributed by atoms with E-state index in [0.29, 0.717) is 13.0 Å². The van der Waals surface area contributed by atoms with Crippen LogP contribution in [0.2, 0.25) is 0 Å². The van der Waals surface area contributed by atoms with Crippen LogP contribution in [-0.4, -0.2) is 24.9 Å². The molecule has 0 saturated heterocycles. The summed E-state index contributed by atoms with van der Waals surface area (Å²) in [6.07, 6.45) is 3.48. The summed E-state index contributed by atoms with van der Waals surface area (Å²) in [4.78, 5) is 0. The highest BCUT2D eigenvalue weighted by molar-refractivity contribution is 5.28. The van der Waals surface area contributed by atoms with Crippen LogP contribution in [0.25, 0.3) is 0 Å². The Labute approximate surface area is 120 Å². The minimum atomic E-state index is -0.789. The van der Waals surface area contributed by atoms with E-state index < -0.39 is 6.17 Å². The van der Waals surface area contributed by atoms with Gasteiger partial charge < -0.3 is 10.4 Å². The van der Waals surface area contributed by atoms with E-state index in [0.717, 1.165) is 11.1 Å². The molecule has 0 bridgehead atoms. The Balaban J connectivity index is 2.60. The van der Waals surface area contributed by atoms with Crippen LogP contribution in [0, 0.1) is 0 Å². The summed E-state index contributed by atoms with van der Waals surface area (Å²) < 4.78 is 12.6. The van der Waals surface area contributed by atoms with Crippen LogP contribution in [0.15, 0.2) is 36.5 Å². The van der Waals surface area contributed by atoms with E-state index in [1.54, 1.807) is 14.0 Å². The van der Waals surface area contributed by atoms with Crippen LogP contribution in [-0.2, 0) is 6.61 Å². The second-order valence-electron chi connectivity index (χ2n) is 4.66. The van der Waals surface area contributed by atoms with Gasteiger partial charge in [-0.05, 0) is 43.8 Å². The highest BCUT2D eigenvalue weighted by Crippen LogP contribution is 2.15. The molecule has 0 fully saturated rings. The normalized spacial score (nSPS) is 14.4. The van der Waals surface area contributed by atoms with Crippen LogP contribution in [0.4, 0.5) is 4.39 Å². The van der Waals surface area contributed by atoms with Crippen molar-refractivity contribution in [3.63, 3.8) is 0 Å². The smallest absolute Gasteiger partial charge is 0.0990 e. The summed E-state index contributed by atoms with van der Waals surface area (Å²) in [5.41, 5.74) is 7.95. The Morgan fingerprint density at radius 2 is 2.20 bits per heavy atom. The number of alkyl halides is 1. The molecule has 0 radical (unpaired) electrons. The van der Waals surface area contributed by atoms with Crippen molar-refractivity contribution < 1.29 is 9.50 Å². The largest absolute Gasteiger partial charge is 0.392 e. The van der Waals surface area contributed by atoms with Gasteiger partial charge in [-0.25, -0.2) is 9.82 Å². The minimum Gasteiger partial charge on any atom is -0.392 e. The third kappa shape index (κ3) is 6.14. The van der Waals surface area contributed by atoms with Gasteiger partial charge in [0.2, 0.25) is 0 Å². The number of hydrogen-bond donors (Lipinski definition) is 4. The molecule has 2 atom stereocenters. The number of benzene rings is 1. The molecule has 1 unspecified atom stereocenters. The molecule has 0 spiro atoms. The van der Waals surface area contributed by atoms with Crippen molar-refractivity contribution in [2.45, 2.75) is 32.2 Å². The van der Waals surface area contributed by atoms with Crippen LogP contribution >= 0.6 is 0 Å². The van der Waals surface area contributed by atoms with E-state index in [-0.39, 0.29) is 12.6 Å². The van der Waals surface area contributed by atoms with Gasteiger partial charge in [0.05, 0.1) is 18.8 Å². The zero-order chi connectivity index (χ0) is 14.8. The SMILES string of the molecule is CNNC(/C=C\NCC[C@@H](C)F)c1cccc(CO)c1. The molecule has 1 aromatic rings. The van der Waals surface area contributed by atoms with Crippen LogP contribution in [0.1, 0.15) is 30.5 Å². The number of rotatable bonds is 9. The number of nitrogens with one attached hydrogen (secondary N) is 3. The van der Waals surface area contributed by atoms with Crippen molar-refractivity contribution in [1.82, 2.24) is 16.2 Å². The van der Waals surface area contributed by atoms with Gasteiger partial charge in [-0.15, -0.1) is 0 Å². The number of aliphatic hydroxyl groups is 1. The number of aliphatic hydroxyl groups excluding tert-OH is 1. The van der Waals surface area contributed by atoms with Crippen molar-refractivity contribution >= 4 is 0 Å². The number of hydrazine groups is 1. The zero-order valence-electron chi connectivity index (χ0n) is 12.1. The lowest BCUT2D eigenvalue weighted by atomic mass is 10.0. The van der Waals surface area contributed by atoms with E-state index in [9.17, 15) is 4.39 Å². The maximum absolute atomic E-state index is 12.6. The van der Waals surface area contributed by atoms with E-state index in [1.807, 2.05) is 36.5 Å². The molecule has 1 rings (SSSR count). The average Bonchev–Trinajstić information content (AvgIpc) is 2.45. The zero-order valence-corrected chi connectivity index (χ0v) is 12.1. The first-order chi connectivity index (χ1) is 9.67. The van der Waals surface area contributed by atoms with Crippen molar-refractivity contribution in [3.8, 4) is 0 Å². The van der Waals surface area contributed by atoms with Crippen molar-refractivity contribution in [3.05, 3.63) is 47.7 Å². The molecule has 0 aliphatic rings. The summed E-state index contributed by atoms with van der Waals surface area (Å²) in [6, 6.07) is 7.70. The Hall–Kier alpha value is -1.43. The minimum absolute atomic E-state index is 0.0243. The molecule has 0 saturated carbocycles. The average molecular weight is 281 g/mol. The molecule has 0 aromatic heterocycles. The first-order valence-corrected chi connectivity index (χ1v) is 6.83. The monoisotopic (exact) mass is 281 g/mol. The van der Waals surface area contributed by atoms with Gasteiger partial charge in [0, 0.05) is 6.54 Å². The van der Waals surface area contributed by atoms with Gasteiger partial charge in [0.15, 0.2) is 0 Å². The Bertz CT molecular complexity index is 410. The summed E-state index contributed by atoms with van der Waals surface area (Å²) in [5.74, 6) is 0. The molecule has 5 heteroatoms. The molecular weight excluding hydrogens is 257 g/mol. The topological polar surface area (TPSA) is 56.3 Å². The van der Waals surface area contributed by atoms with E-state index in [2.05, 4.69) is 16.2 Å². The van der Waals surface area contributed by atoms with Crippen LogP contribution in [0.5, 0.6) is 0 Å². The van der Waals surface area contributed by atoms with Crippen molar-refractivity contribution in [2.75, 3.05) is 13.6 Å². The molecule has 1 aromatic carbocycles. The molecule has 4 nitrogen and oxygen atoms in total. The van der Waals surface area contributed by atoms with Gasteiger partial charge in [-0.3, -0.25) is 5.43 Å². The lowest BCUT2D eigenvalue weighted by Gasteiger charge is -2.15. The molecule has 0 heterocycles. The fourth-order valence-electron chi connectivity index (χ4n) is 1.81. The summed E-state index contributed by atoms with van der Waals surface area (Å²) in [7, 11) is 1.80. The van der Waals surface area contributed by atoms with Gasteiger partial charge in [0.25, 0.3) is 0 Å².